The summed E-state index contributed by atoms with van der Waals surface area (Å²) in [5, 5.41) is 0. The van der Waals surface area contributed by atoms with Gasteiger partial charge in [0.15, 0.2) is 0 Å². The van der Waals surface area contributed by atoms with E-state index in [-0.39, 0.29) is 19.3 Å². The van der Waals surface area contributed by atoms with Gasteiger partial charge >= 0.3 is 19.3 Å². The van der Waals surface area contributed by atoms with Gasteiger partial charge in [-0.3, -0.25) is 0 Å². The number of halogens is 1. The van der Waals surface area contributed by atoms with Crippen LogP contribution in [0.3, 0.4) is 0 Å². The van der Waals surface area contributed by atoms with E-state index in [1.54, 1.807) is 0 Å². The fourth-order valence-corrected chi connectivity index (χ4v) is 3.20. The SMILES string of the molecule is CCCCC(C)CCCCCCC[CH](C)[Mg][Cl]. The van der Waals surface area contributed by atoms with Crippen LogP contribution in [-0.4, -0.2) is 19.3 Å². The van der Waals surface area contributed by atoms with Crippen molar-refractivity contribution in [3.63, 3.8) is 0 Å². The Morgan fingerprint density at radius 3 is 1.94 bits per heavy atom. The lowest BCUT2D eigenvalue weighted by atomic mass is 9.97. The Balaban J connectivity index is 3.12. The maximum Gasteiger partial charge on any atom is 0.504 e. The van der Waals surface area contributed by atoms with E-state index in [4.69, 9.17) is 9.07 Å². The summed E-state index contributed by atoms with van der Waals surface area (Å²) in [6, 6.07) is 0. The molecule has 0 amide bonds. The van der Waals surface area contributed by atoms with Gasteiger partial charge in [-0.15, -0.1) is 4.05 Å². The van der Waals surface area contributed by atoms with E-state index in [0.717, 1.165) is 9.97 Å². The molecular weight excluding hydrogens is 240 g/mol. The van der Waals surface area contributed by atoms with Crippen molar-refractivity contribution in [2.24, 2.45) is 5.92 Å². The summed E-state index contributed by atoms with van der Waals surface area (Å²) in [5.74, 6) is 0.956. The van der Waals surface area contributed by atoms with E-state index >= 15 is 0 Å². The number of hydrogen-bond acceptors (Lipinski definition) is 0. The molecule has 0 aromatic heterocycles. The third-order valence-electron chi connectivity index (χ3n) is 3.71. The summed E-state index contributed by atoms with van der Waals surface area (Å²) >= 11 is -0.252. The standard InChI is InChI=1S/C15H31.ClH.Mg/c1-4-6-8-9-10-11-12-14-15(3)13-7-5-2;;/h4,15H,5-14H2,1-3H3;1H;/q;;+1/p-1. The van der Waals surface area contributed by atoms with E-state index in [9.17, 15) is 0 Å². The minimum atomic E-state index is -0.252. The first-order valence-electron chi connectivity index (χ1n) is 7.76. The van der Waals surface area contributed by atoms with Gasteiger partial charge in [0.1, 0.15) is 0 Å². The van der Waals surface area contributed by atoms with Crippen LogP contribution in [0.2, 0.25) is 4.05 Å². The number of rotatable bonds is 12. The monoisotopic (exact) mass is 270 g/mol. The Labute approximate surface area is 123 Å². The van der Waals surface area contributed by atoms with E-state index < -0.39 is 0 Å². The zero-order valence-corrected chi connectivity index (χ0v) is 14.5. The zero-order valence-electron chi connectivity index (χ0n) is 12.3. The molecule has 0 N–H and O–H groups in total. The Bertz CT molecular complexity index is 150. The summed E-state index contributed by atoms with van der Waals surface area (Å²) in [7, 11) is 5.93. The lowest BCUT2D eigenvalue weighted by Gasteiger charge is -2.10. The molecule has 0 aliphatic heterocycles. The van der Waals surface area contributed by atoms with Gasteiger partial charge in [-0.05, 0) is 5.92 Å². The van der Waals surface area contributed by atoms with Crippen molar-refractivity contribution in [1.29, 1.82) is 0 Å². The van der Waals surface area contributed by atoms with Crippen molar-refractivity contribution in [2.75, 3.05) is 0 Å². The number of hydrogen-bond donors (Lipinski definition) is 0. The second-order valence-electron chi connectivity index (χ2n) is 5.85. The van der Waals surface area contributed by atoms with Gasteiger partial charge in [-0.1, -0.05) is 85.0 Å². The van der Waals surface area contributed by atoms with Gasteiger partial charge in [0, 0.05) is 0 Å². The highest BCUT2D eigenvalue weighted by Gasteiger charge is 2.04. The lowest BCUT2D eigenvalue weighted by Crippen LogP contribution is -1.95. The van der Waals surface area contributed by atoms with Crippen molar-refractivity contribution >= 4 is 28.3 Å². The van der Waals surface area contributed by atoms with Crippen LogP contribution >= 0.6 is 9.07 Å². The summed E-state index contributed by atoms with van der Waals surface area (Å²) in [6.07, 6.45) is 14.2. The molecule has 0 radical (unpaired) electrons. The van der Waals surface area contributed by atoms with Crippen LogP contribution < -0.4 is 0 Å². The molecule has 0 aromatic carbocycles. The molecule has 2 atom stereocenters. The molecule has 0 fully saturated rings. The Kier molecular flexibility index (Phi) is 14.3. The van der Waals surface area contributed by atoms with Gasteiger partial charge in [-0.2, -0.15) is 0 Å². The molecule has 0 heterocycles. The van der Waals surface area contributed by atoms with Gasteiger partial charge in [0.05, 0.1) is 0 Å². The summed E-state index contributed by atoms with van der Waals surface area (Å²) in [5.41, 5.74) is 0. The molecule has 17 heavy (non-hydrogen) atoms. The van der Waals surface area contributed by atoms with E-state index in [1.807, 2.05) is 0 Å². The highest BCUT2D eigenvalue weighted by atomic mass is 35.5. The molecule has 0 saturated carbocycles. The largest absolute Gasteiger partial charge is 0.504 e. The molecule has 0 bridgehead atoms. The minimum Gasteiger partial charge on any atom is -0.346 e. The van der Waals surface area contributed by atoms with Crippen molar-refractivity contribution in [1.82, 2.24) is 0 Å². The first kappa shape index (κ1) is 18.1. The summed E-state index contributed by atoms with van der Waals surface area (Å²) in [4.78, 5) is 0. The maximum absolute atomic E-state index is 5.93. The van der Waals surface area contributed by atoms with Crippen molar-refractivity contribution < 1.29 is 0 Å². The number of unbranched alkanes of at least 4 members (excludes halogenated alkanes) is 5. The lowest BCUT2D eigenvalue weighted by molar-refractivity contribution is 0.441. The third kappa shape index (κ3) is 13.3. The highest BCUT2D eigenvalue weighted by Crippen LogP contribution is 2.18. The van der Waals surface area contributed by atoms with Crippen LogP contribution in [-0.2, 0) is 0 Å². The first-order valence-corrected chi connectivity index (χ1v) is 10.7. The summed E-state index contributed by atoms with van der Waals surface area (Å²) < 4.78 is 0.853. The molecule has 0 rings (SSSR count). The fraction of sp³-hybridized carbons (Fsp3) is 1.00. The Morgan fingerprint density at radius 1 is 0.824 bits per heavy atom. The highest BCUT2D eigenvalue weighted by molar-refractivity contribution is 6.94. The topological polar surface area (TPSA) is 0 Å². The Morgan fingerprint density at radius 2 is 1.35 bits per heavy atom. The van der Waals surface area contributed by atoms with Crippen LogP contribution in [0.4, 0.5) is 0 Å². The van der Waals surface area contributed by atoms with Crippen LogP contribution in [0.1, 0.15) is 85.0 Å². The van der Waals surface area contributed by atoms with Gasteiger partial charge in [0.2, 0.25) is 0 Å². The molecule has 0 spiro atoms. The van der Waals surface area contributed by atoms with Crippen molar-refractivity contribution in [3.8, 4) is 0 Å². The van der Waals surface area contributed by atoms with Crippen LogP contribution in [0, 0.1) is 5.92 Å². The normalized spacial score (nSPS) is 14.4. The van der Waals surface area contributed by atoms with E-state index in [2.05, 4.69) is 20.8 Å². The maximum atomic E-state index is 5.93. The van der Waals surface area contributed by atoms with Gasteiger partial charge in [0.25, 0.3) is 0 Å². The predicted octanol–water partition coefficient (Wildman–Crippen LogP) is 6.21. The second-order valence-corrected chi connectivity index (χ2v) is 8.48. The van der Waals surface area contributed by atoms with Gasteiger partial charge in [-0.25, -0.2) is 0 Å². The van der Waals surface area contributed by atoms with E-state index in [0.29, 0.717) is 0 Å². The molecule has 2 unspecified atom stereocenters. The smallest absolute Gasteiger partial charge is 0.346 e. The van der Waals surface area contributed by atoms with Crippen molar-refractivity contribution in [2.45, 2.75) is 89.0 Å². The van der Waals surface area contributed by atoms with E-state index in [1.165, 1.54) is 64.2 Å². The third-order valence-corrected chi connectivity index (χ3v) is 6.22. The zero-order chi connectivity index (χ0) is 12.9. The fourth-order valence-electron chi connectivity index (χ4n) is 2.29. The predicted molar refractivity (Wildman–Crippen MR) is 82.0 cm³/mol. The summed E-state index contributed by atoms with van der Waals surface area (Å²) in [6.45, 7) is 7.02. The molecule has 0 aliphatic carbocycles. The van der Waals surface area contributed by atoms with Crippen molar-refractivity contribution in [3.05, 3.63) is 0 Å². The minimum absolute atomic E-state index is 0.252. The molecule has 0 aromatic rings. The second kappa shape index (κ2) is 13.5. The Hall–Kier alpha value is 1.06. The molecule has 0 saturated heterocycles. The van der Waals surface area contributed by atoms with Crippen LogP contribution in [0.5, 0.6) is 0 Å². The van der Waals surface area contributed by atoms with Crippen LogP contribution in [0.25, 0.3) is 0 Å². The average molecular weight is 271 g/mol. The van der Waals surface area contributed by atoms with Crippen LogP contribution in [0.15, 0.2) is 0 Å². The molecule has 0 nitrogen and oxygen atoms in total. The first-order chi connectivity index (χ1) is 8.20. The average Bonchev–Trinajstić information content (AvgIpc) is 2.34. The molecular formula is C15H31ClMg. The quantitative estimate of drug-likeness (QED) is 0.292. The molecule has 2 heteroatoms. The van der Waals surface area contributed by atoms with Gasteiger partial charge < -0.3 is 9.07 Å². The molecule has 0 aliphatic rings. The molecule has 100 valence electrons.